The molecule has 0 unspecified atom stereocenters. The highest BCUT2D eigenvalue weighted by molar-refractivity contribution is 5.57. The molecule has 3 heteroatoms. The number of benzene rings is 1. The average molecular weight is 202 g/mol. The van der Waals surface area contributed by atoms with Gasteiger partial charge in [-0.2, -0.15) is 0 Å². The van der Waals surface area contributed by atoms with E-state index in [2.05, 4.69) is 24.0 Å². The number of hydrogen-bond acceptors (Lipinski definition) is 2. The van der Waals surface area contributed by atoms with E-state index in [1.165, 1.54) is 5.56 Å². The first-order chi connectivity index (χ1) is 7.20. The van der Waals surface area contributed by atoms with Gasteiger partial charge in [0.25, 0.3) is 0 Å². The van der Waals surface area contributed by atoms with Gasteiger partial charge in [-0.15, -0.1) is 0 Å². The summed E-state index contributed by atoms with van der Waals surface area (Å²) in [6, 6.07) is 8.18. The molecule has 1 N–H and O–H groups in total. The molecule has 3 nitrogen and oxygen atoms in total. The second-order valence-corrected chi connectivity index (χ2v) is 3.69. The summed E-state index contributed by atoms with van der Waals surface area (Å²) in [7, 11) is 1.93. The first-order valence-electron chi connectivity index (χ1n) is 4.91. The zero-order valence-electron chi connectivity index (χ0n) is 8.94. The maximum absolute atomic E-state index is 9.00. The van der Waals surface area contributed by atoms with Crippen LogP contribution in [0.2, 0.25) is 0 Å². The molecule has 2 rings (SSSR count). The molecule has 0 atom stereocenters. The van der Waals surface area contributed by atoms with E-state index in [0.29, 0.717) is 5.69 Å². The van der Waals surface area contributed by atoms with Crippen LogP contribution in [0.5, 0.6) is 0 Å². The first-order valence-corrected chi connectivity index (χ1v) is 4.91. The number of imidazole rings is 1. The van der Waals surface area contributed by atoms with Crippen LogP contribution in [0.3, 0.4) is 0 Å². The SMILES string of the molecule is Cc1cccc(-c2nc(CO)cn2C)c1. The fourth-order valence-electron chi connectivity index (χ4n) is 1.66. The van der Waals surface area contributed by atoms with E-state index in [4.69, 9.17) is 5.11 Å². The first kappa shape index (κ1) is 9.93. The molecule has 2 aromatic rings. The quantitative estimate of drug-likeness (QED) is 0.807. The van der Waals surface area contributed by atoms with Crippen LogP contribution >= 0.6 is 0 Å². The van der Waals surface area contributed by atoms with Crippen molar-refractivity contribution in [2.24, 2.45) is 7.05 Å². The average Bonchev–Trinajstić information content (AvgIpc) is 2.60. The number of aliphatic hydroxyl groups excluding tert-OH is 1. The zero-order valence-corrected chi connectivity index (χ0v) is 8.94. The fourth-order valence-corrected chi connectivity index (χ4v) is 1.66. The van der Waals surface area contributed by atoms with Crippen molar-refractivity contribution in [2.45, 2.75) is 13.5 Å². The molecule has 15 heavy (non-hydrogen) atoms. The highest BCUT2D eigenvalue weighted by Crippen LogP contribution is 2.19. The standard InChI is InChI=1S/C12H14N2O/c1-9-4-3-5-10(6-9)12-13-11(8-15)7-14(12)2/h3-7,15H,8H2,1-2H3. The Hall–Kier alpha value is -1.61. The number of hydrogen-bond donors (Lipinski definition) is 1. The van der Waals surface area contributed by atoms with E-state index < -0.39 is 0 Å². The topological polar surface area (TPSA) is 38.1 Å². The van der Waals surface area contributed by atoms with E-state index in [1.54, 1.807) is 0 Å². The van der Waals surface area contributed by atoms with Crippen LogP contribution in [0, 0.1) is 6.92 Å². The lowest BCUT2D eigenvalue weighted by Crippen LogP contribution is -1.91. The summed E-state index contributed by atoms with van der Waals surface area (Å²) in [6.45, 7) is 2.04. The van der Waals surface area contributed by atoms with Gasteiger partial charge in [-0.25, -0.2) is 4.98 Å². The number of nitrogens with zero attached hydrogens (tertiary/aromatic N) is 2. The minimum atomic E-state index is -0.0142. The minimum absolute atomic E-state index is 0.0142. The zero-order chi connectivity index (χ0) is 10.8. The van der Waals surface area contributed by atoms with Crippen molar-refractivity contribution in [2.75, 3.05) is 0 Å². The Labute approximate surface area is 89.0 Å². The maximum atomic E-state index is 9.00. The summed E-state index contributed by atoms with van der Waals surface area (Å²) in [5.74, 6) is 0.891. The van der Waals surface area contributed by atoms with Crippen LogP contribution in [0.15, 0.2) is 30.5 Å². The molecule has 0 amide bonds. The van der Waals surface area contributed by atoms with Gasteiger partial charge in [-0.1, -0.05) is 23.8 Å². The van der Waals surface area contributed by atoms with Gasteiger partial charge in [0, 0.05) is 18.8 Å². The van der Waals surface area contributed by atoms with E-state index >= 15 is 0 Å². The lowest BCUT2D eigenvalue weighted by molar-refractivity contribution is 0.277. The molecule has 0 bridgehead atoms. The van der Waals surface area contributed by atoms with Crippen molar-refractivity contribution < 1.29 is 5.11 Å². The predicted octanol–water partition coefficient (Wildman–Crippen LogP) is 1.89. The van der Waals surface area contributed by atoms with Crippen LogP contribution in [0.25, 0.3) is 11.4 Å². The normalized spacial score (nSPS) is 10.6. The van der Waals surface area contributed by atoms with E-state index in [9.17, 15) is 0 Å². The van der Waals surface area contributed by atoms with E-state index in [0.717, 1.165) is 11.4 Å². The Balaban J connectivity index is 2.48. The molecular formula is C12H14N2O. The third kappa shape index (κ3) is 1.92. The van der Waals surface area contributed by atoms with E-state index in [-0.39, 0.29) is 6.61 Å². The van der Waals surface area contributed by atoms with Crippen molar-refractivity contribution in [3.63, 3.8) is 0 Å². The molecule has 0 aliphatic carbocycles. The number of aromatic nitrogens is 2. The molecule has 0 radical (unpaired) electrons. The molecule has 0 saturated heterocycles. The van der Waals surface area contributed by atoms with Gasteiger partial charge < -0.3 is 9.67 Å². The third-order valence-electron chi connectivity index (χ3n) is 2.36. The summed E-state index contributed by atoms with van der Waals surface area (Å²) in [5, 5.41) is 9.00. The monoisotopic (exact) mass is 202 g/mol. The van der Waals surface area contributed by atoms with Gasteiger partial charge in [-0.3, -0.25) is 0 Å². The lowest BCUT2D eigenvalue weighted by atomic mass is 10.1. The number of aryl methyl sites for hydroxylation is 2. The van der Waals surface area contributed by atoms with Crippen molar-refractivity contribution >= 4 is 0 Å². The highest BCUT2D eigenvalue weighted by atomic mass is 16.3. The van der Waals surface area contributed by atoms with Crippen LogP contribution in [0.1, 0.15) is 11.3 Å². The summed E-state index contributed by atoms with van der Waals surface area (Å²) < 4.78 is 1.93. The highest BCUT2D eigenvalue weighted by Gasteiger charge is 2.06. The Morgan fingerprint density at radius 2 is 2.20 bits per heavy atom. The number of rotatable bonds is 2. The summed E-state index contributed by atoms with van der Waals surface area (Å²) in [5.41, 5.74) is 2.99. The van der Waals surface area contributed by atoms with Gasteiger partial charge >= 0.3 is 0 Å². The van der Waals surface area contributed by atoms with Crippen molar-refractivity contribution in [3.8, 4) is 11.4 Å². The molecule has 0 fully saturated rings. The number of aliphatic hydroxyl groups is 1. The molecule has 78 valence electrons. The van der Waals surface area contributed by atoms with Crippen LogP contribution in [-0.4, -0.2) is 14.7 Å². The second-order valence-electron chi connectivity index (χ2n) is 3.69. The lowest BCUT2D eigenvalue weighted by Gasteiger charge is -2.01. The summed E-state index contributed by atoms with van der Waals surface area (Å²) in [4.78, 5) is 4.35. The Kier molecular flexibility index (Phi) is 2.56. The summed E-state index contributed by atoms with van der Waals surface area (Å²) >= 11 is 0. The molecule has 1 heterocycles. The molecule has 1 aromatic carbocycles. The van der Waals surface area contributed by atoms with Gasteiger partial charge in [0.15, 0.2) is 0 Å². The maximum Gasteiger partial charge on any atom is 0.140 e. The van der Waals surface area contributed by atoms with Crippen molar-refractivity contribution in [1.29, 1.82) is 0 Å². The van der Waals surface area contributed by atoms with Crippen LogP contribution in [0.4, 0.5) is 0 Å². The van der Waals surface area contributed by atoms with Gasteiger partial charge in [0.05, 0.1) is 12.3 Å². The molecular weight excluding hydrogens is 188 g/mol. The van der Waals surface area contributed by atoms with Crippen LogP contribution in [-0.2, 0) is 13.7 Å². The Bertz CT molecular complexity index is 474. The van der Waals surface area contributed by atoms with Gasteiger partial charge in [-0.05, 0) is 13.0 Å². The van der Waals surface area contributed by atoms with Gasteiger partial charge in [0.1, 0.15) is 5.82 Å². The van der Waals surface area contributed by atoms with Crippen LogP contribution < -0.4 is 0 Å². The second kappa shape index (κ2) is 3.87. The summed E-state index contributed by atoms with van der Waals surface area (Å²) in [6.07, 6.45) is 1.84. The molecule has 1 aromatic heterocycles. The van der Waals surface area contributed by atoms with E-state index in [1.807, 2.05) is 29.9 Å². The molecule has 0 saturated carbocycles. The predicted molar refractivity (Wildman–Crippen MR) is 59.3 cm³/mol. The Morgan fingerprint density at radius 3 is 2.80 bits per heavy atom. The van der Waals surface area contributed by atoms with Gasteiger partial charge in [0.2, 0.25) is 0 Å². The fraction of sp³-hybridized carbons (Fsp3) is 0.250. The Morgan fingerprint density at radius 1 is 1.40 bits per heavy atom. The minimum Gasteiger partial charge on any atom is -0.390 e. The largest absolute Gasteiger partial charge is 0.390 e. The molecule has 0 aliphatic rings. The smallest absolute Gasteiger partial charge is 0.140 e. The third-order valence-corrected chi connectivity index (χ3v) is 2.36. The van der Waals surface area contributed by atoms with Crippen molar-refractivity contribution in [3.05, 3.63) is 41.7 Å². The molecule has 0 spiro atoms. The molecule has 0 aliphatic heterocycles. The van der Waals surface area contributed by atoms with Crippen molar-refractivity contribution in [1.82, 2.24) is 9.55 Å².